The SMILES string of the molecule is COc1ccc(F)cc1C(=O)NCc1ccc(-c2nn(-c3ccc(N4CCC(CN5CCN(c6ccc7c(c6)C[N+](=C6CCC(=O)NC6=O)C7=O)CC5)C4)c(F)c3)c3ncnc(N)c23)cc1. The first-order chi connectivity index (χ1) is 32.0. The Labute approximate surface area is 377 Å². The third-order valence-corrected chi connectivity index (χ3v) is 13.0. The molecule has 0 spiro atoms. The zero-order valence-electron chi connectivity index (χ0n) is 36.1. The summed E-state index contributed by atoms with van der Waals surface area (Å²) in [7, 11) is 1.42. The molecule has 6 heterocycles. The highest BCUT2D eigenvalue weighted by molar-refractivity contribution is 6.42. The molecule has 1 unspecified atom stereocenters. The van der Waals surface area contributed by atoms with Crippen molar-refractivity contribution >= 4 is 57.6 Å². The van der Waals surface area contributed by atoms with Gasteiger partial charge in [0.05, 0.1) is 29.4 Å². The van der Waals surface area contributed by atoms with Crippen LogP contribution in [0.1, 0.15) is 51.1 Å². The standard InChI is InChI=1S/C48H45F2N11O5/c1-66-40-12-6-32(49)21-36(40)46(63)52-23-28-2-4-30(5-3-28)43-42-44(51)53-27-54-45(42)61(56-43)34-8-10-38(37(50)22-34)59-15-14-29(25-59)24-57-16-18-58(19-17-57)33-7-9-35-31(20-33)26-60(48(35)65)39-11-13-41(62)55-47(39)64/h2-10,12,20-22,27,29H,11,13-19,23-26H2,1H3,(H3-,51,52,53,54,55,56,62,63,64)/p+1. The number of amides is 4. The van der Waals surface area contributed by atoms with Gasteiger partial charge in [0.1, 0.15) is 40.8 Å². The number of nitrogens with one attached hydrogen (secondary N) is 2. The lowest BCUT2D eigenvalue weighted by molar-refractivity contribution is -0.438. The zero-order chi connectivity index (χ0) is 45.6. The van der Waals surface area contributed by atoms with Crippen LogP contribution in [0.5, 0.6) is 5.75 Å². The van der Waals surface area contributed by atoms with Crippen LogP contribution in [-0.4, -0.2) is 111 Å². The average molecular weight is 895 g/mol. The number of carbonyl (C=O) groups excluding carboxylic acids is 4. The fraction of sp³-hybridized carbons (Fsp3) is 0.292. The van der Waals surface area contributed by atoms with Crippen LogP contribution >= 0.6 is 0 Å². The van der Waals surface area contributed by atoms with Gasteiger partial charge in [-0.3, -0.25) is 24.6 Å². The first-order valence-corrected chi connectivity index (χ1v) is 21.9. The molecule has 0 radical (unpaired) electrons. The van der Waals surface area contributed by atoms with Gasteiger partial charge in [-0.1, -0.05) is 24.3 Å². The van der Waals surface area contributed by atoms with E-state index in [-0.39, 0.29) is 54.1 Å². The van der Waals surface area contributed by atoms with Crippen LogP contribution in [-0.2, 0) is 22.7 Å². The second-order valence-electron chi connectivity index (χ2n) is 17.0. The van der Waals surface area contributed by atoms with Crippen LogP contribution in [0.25, 0.3) is 28.0 Å². The molecule has 6 aromatic rings. The molecule has 16 nitrogen and oxygen atoms in total. The first-order valence-electron chi connectivity index (χ1n) is 21.9. The minimum Gasteiger partial charge on any atom is -0.496 e. The number of hydrogen-bond donors (Lipinski definition) is 3. The summed E-state index contributed by atoms with van der Waals surface area (Å²) in [5.74, 6) is -1.55. The molecule has 0 bridgehead atoms. The van der Waals surface area contributed by atoms with Gasteiger partial charge in [0.15, 0.2) is 12.2 Å². The summed E-state index contributed by atoms with van der Waals surface area (Å²) in [5.41, 5.74) is 12.8. The Morgan fingerprint density at radius 1 is 0.909 bits per heavy atom. The number of rotatable bonds is 10. The van der Waals surface area contributed by atoms with Crippen molar-refractivity contribution < 1.29 is 37.3 Å². The Morgan fingerprint density at radius 3 is 2.48 bits per heavy atom. The summed E-state index contributed by atoms with van der Waals surface area (Å²) in [6.07, 6.45) is 2.73. The normalized spacial score (nSPS) is 18.8. The van der Waals surface area contributed by atoms with Gasteiger partial charge in [-0.15, -0.1) is 0 Å². The van der Waals surface area contributed by atoms with Gasteiger partial charge >= 0.3 is 11.8 Å². The number of carbonyl (C=O) groups is 4. The lowest BCUT2D eigenvalue weighted by Gasteiger charge is -2.37. The molecular formula is C48H46F2N11O5+. The Bertz CT molecular complexity index is 2980. The number of methoxy groups -OCH3 is 1. The maximum Gasteiger partial charge on any atom is 0.420 e. The smallest absolute Gasteiger partial charge is 0.420 e. The van der Waals surface area contributed by atoms with Crippen molar-refractivity contribution in [3.63, 3.8) is 0 Å². The monoisotopic (exact) mass is 894 g/mol. The molecule has 66 heavy (non-hydrogen) atoms. The van der Waals surface area contributed by atoms with Crippen LogP contribution in [0, 0.1) is 17.6 Å². The highest BCUT2D eigenvalue weighted by Gasteiger charge is 2.40. The van der Waals surface area contributed by atoms with Gasteiger partial charge in [-0.05, 0) is 66.4 Å². The van der Waals surface area contributed by atoms with E-state index in [9.17, 15) is 23.6 Å². The number of nitrogens with zero attached hydrogens (tertiary/aromatic N) is 8. The number of anilines is 3. The van der Waals surface area contributed by atoms with Gasteiger partial charge in [-0.25, -0.2) is 28.2 Å². The molecule has 3 fully saturated rings. The molecule has 4 N–H and O–H groups in total. The van der Waals surface area contributed by atoms with Crippen LogP contribution in [0.15, 0.2) is 85.2 Å². The van der Waals surface area contributed by atoms with E-state index >= 15 is 4.39 Å². The molecular weight excluding hydrogens is 849 g/mol. The van der Waals surface area contributed by atoms with E-state index in [1.807, 2.05) is 48.5 Å². The Hall–Kier alpha value is -7.60. The summed E-state index contributed by atoms with van der Waals surface area (Å²) in [6.45, 7) is 6.26. The van der Waals surface area contributed by atoms with Gasteiger partial charge in [0.25, 0.3) is 11.6 Å². The molecule has 2 aromatic heterocycles. The predicted octanol–water partition coefficient (Wildman–Crippen LogP) is 4.47. The lowest BCUT2D eigenvalue weighted by atomic mass is 10.1. The van der Waals surface area contributed by atoms with Crippen molar-refractivity contribution in [2.75, 3.05) is 68.5 Å². The Balaban J connectivity index is 0.764. The number of benzene rings is 4. The number of fused-ring (bicyclic) bond motifs is 2. The number of imide groups is 1. The summed E-state index contributed by atoms with van der Waals surface area (Å²) in [5, 5.41) is 10.5. The highest BCUT2D eigenvalue weighted by Crippen LogP contribution is 2.35. The topological polar surface area (TPSA) is 184 Å². The molecule has 336 valence electrons. The lowest BCUT2D eigenvalue weighted by Crippen LogP contribution is -2.48. The summed E-state index contributed by atoms with van der Waals surface area (Å²) < 4.78 is 38.3. The molecule has 1 atom stereocenters. The highest BCUT2D eigenvalue weighted by atomic mass is 19.1. The number of piperazine rings is 1. The van der Waals surface area contributed by atoms with Crippen LogP contribution in [0.4, 0.5) is 26.0 Å². The first kappa shape index (κ1) is 42.4. The van der Waals surface area contributed by atoms with E-state index in [0.717, 1.165) is 75.1 Å². The van der Waals surface area contributed by atoms with E-state index in [1.165, 1.54) is 36.2 Å². The summed E-state index contributed by atoms with van der Waals surface area (Å²) >= 11 is 0. The number of piperidine rings is 1. The average Bonchev–Trinajstić information content (AvgIpc) is 4.04. The van der Waals surface area contributed by atoms with Crippen molar-refractivity contribution in [3.05, 3.63) is 119 Å². The number of ether oxygens (including phenoxy) is 1. The third-order valence-electron chi connectivity index (χ3n) is 13.0. The van der Waals surface area contributed by atoms with Crippen molar-refractivity contribution in [2.45, 2.75) is 32.4 Å². The van der Waals surface area contributed by atoms with Gasteiger partial charge in [-0.2, -0.15) is 9.67 Å². The second kappa shape index (κ2) is 17.4. The van der Waals surface area contributed by atoms with E-state index in [0.29, 0.717) is 57.4 Å². The zero-order valence-corrected chi connectivity index (χ0v) is 36.1. The maximum absolute atomic E-state index is 16.1. The van der Waals surface area contributed by atoms with Crippen LogP contribution < -0.4 is 30.9 Å². The quantitative estimate of drug-likeness (QED) is 0.130. The minimum absolute atomic E-state index is 0.0944. The van der Waals surface area contributed by atoms with Crippen LogP contribution in [0.3, 0.4) is 0 Å². The third kappa shape index (κ3) is 8.08. The minimum atomic E-state index is -0.543. The van der Waals surface area contributed by atoms with E-state index in [1.54, 1.807) is 10.7 Å². The Morgan fingerprint density at radius 2 is 1.71 bits per heavy atom. The molecule has 10 rings (SSSR count). The number of hydrogen-bond acceptors (Lipinski definition) is 12. The molecule has 0 saturated carbocycles. The van der Waals surface area contributed by atoms with Gasteiger partial charge < -0.3 is 25.6 Å². The molecule has 18 heteroatoms. The summed E-state index contributed by atoms with van der Waals surface area (Å²) in [6, 6.07) is 22.1. The van der Waals surface area contributed by atoms with Crippen molar-refractivity contribution in [2.24, 2.45) is 5.92 Å². The summed E-state index contributed by atoms with van der Waals surface area (Å²) in [4.78, 5) is 65.7. The van der Waals surface area contributed by atoms with Gasteiger partial charge in [0.2, 0.25) is 5.91 Å². The van der Waals surface area contributed by atoms with E-state index in [2.05, 4.69) is 35.3 Å². The van der Waals surface area contributed by atoms with Crippen LogP contribution in [0.2, 0.25) is 0 Å². The number of nitrogens with two attached hydrogens (primary N) is 1. The maximum atomic E-state index is 16.1. The molecule has 4 aromatic carbocycles. The molecule has 0 aliphatic carbocycles. The van der Waals surface area contributed by atoms with E-state index in [4.69, 9.17) is 15.6 Å². The second-order valence-corrected chi connectivity index (χ2v) is 17.0. The van der Waals surface area contributed by atoms with Crippen molar-refractivity contribution in [1.29, 1.82) is 0 Å². The molecule has 4 aliphatic heterocycles. The predicted molar refractivity (Wildman–Crippen MR) is 242 cm³/mol. The Kier molecular flexibility index (Phi) is 11.2. The number of nitrogen functional groups attached to an aromatic ring is 1. The van der Waals surface area contributed by atoms with Gasteiger partial charge in [0, 0.05) is 88.1 Å². The van der Waals surface area contributed by atoms with Crippen molar-refractivity contribution in [3.8, 4) is 22.7 Å². The fourth-order valence-electron chi connectivity index (χ4n) is 9.50. The molecule has 3 saturated heterocycles. The molecule has 4 amide bonds. The largest absolute Gasteiger partial charge is 0.496 e. The van der Waals surface area contributed by atoms with Crippen molar-refractivity contribution in [1.82, 2.24) is 35.3 Å². The number of halogens is 2. The number of aromatic nitrogens is 4. The molecule has 4 aliphatic rings. The fourth-order valence-corrected chi connectivity index (χ4v) is 9.50. The van der Waals surface area contributed by atoms with E-state index < -0.39 is 17.6 Å².